The third-order valence-electron chi connectivity index (χ3n) is 8.60. The molecule has 0 heterocycles. The maximum absolute atomic E-state index is 11.1. The summed E-state index contributed by atoms with van der Waals surface area (Å²) in [4.78, 5) is 11.1. The summed E-state index contributed by atoms with van der Waals surface area (Å²) in [5, 5.41) is 18.3. The Hall–Kier alpha value is -4.05. The van der Waals surface area contributed by atoms with E-state index in [2.05, 4.69) is 90.5 Å². The minimum atomic E-state index is -0.277. The lowest BCUT2D eigenvalue weighted by atomic mass is 9.98. The van der Waals surface area contributed by atoms with Crippen molar-refractivity contribution >= 4 is 5.97 Å². The second-order valence-corrected chi connectivity index (χ2v) is 12.0. The topological polar surface area (TPSA) is 66.8 Å². The summed E-state index contributed by atoms with van der Waals surface area (Å²) in [5.41, 5.74) is 5.75. The number of aromatic hydroxyl groups is 2. The highest BCUT2D eigenvalue weighted by atomic mass is 16.5. The molecule has 4 nitrogen and oxygen atoms in total. The van der Waals surface area contributed by atoms with Gasteiger partial charge in [0.05, 0.1) is 12.7 Å². The van der Waals surface area contributed by atoms with Gasteiger partial charge in [0.1, 0.15) is 11.5 Å². The molecule has 0 aliphatic heterocycles. The Morgan fingerprint density at radius 1 is 0.522 bits per heavy atom. The van der Waals surface area contributed by atoms with E-state index in [0.29, 0.717) is 40.7 Å². The monoisotopic (exact) mass is 626 g/mol. The summed E-state index contributed by atoms with van der Waals surface area (Å²) in [6.45, 7) is 17.4. The molecule has 0 saturated heterocycles. The van der Waals surface area contributed by atoms with Crippen molar-refractivity contribution in [2.45, 2.75) is 105 Å². The number of hydrogen-bond acceptors (Lipinski definition) is 4. The predicted molar refractivity (Wildman–Crippen MR) is 195 cm³/mol. The molecule has 0 bridgehead atoms. The van der Waals surface area contributed by atoms with Gasteiger partial charge in [-0.3, -0.25) is 0 Å². The molecule has 250 valence electrons. The van der Waals surface area contributed by atoms with Gasteiger partial charge in [0, 0.05) is 0 Å². The number of phenols is 2. The van der Waals surface area contributed by atoms with E-state index < -0.39 is 0 Å². The number of ether oxygens (including phenoxy) is 1. The molecule has 0 amide bonds. The van der Waals surface area contributed by atoms with Gasteiger partial charge in [-0.2, -0.15) is 0 Å². The first-order chi connectivity index (χ1) is 22.0. The fraction of sp³-hybridized carbons (Fsp3) is 0.405. The Balaban J connectivity index is 0.000000309. The molecule has 4 atom stereocenters. The van der Waals surface area contributed by atoms with Crippen LogP contribution in [0.3, 0.4) is 0 Å². The smallest absolute Gasteiger partial charge is 0.337 e. The molecule has 4 aromatic carbocycles. The van der Waals surface area contributed by atoms with Gasteiger partial charge in [-0.15, -0.1) is 0 Å². The molecular weight excluding hydrogens is 568 g/mol. The number of benzene rings is 4. The van der Waals surface area contributed by atoms with Gasteiger partial charge >= 0.3 is 5.97 Å². The average Bonchev–Trinajstić information content (AvgIpc) is 3.11. The van der Waals surface area contributed by atoms with Crippen LogP contribution in [0, 0.1) is 0 Å². The van der Waals surface area contributed by atoms with Gasteiger partial charge in [-0.05, 0) is 108 Å². The summed E-state index contributed by atoms with van der Waals surface area (Å²) in [7, 11) is 1.39. The first kappa shape index (κ1) is 40.0. The number of rotatable bonds is 9. The van der Waals surface area contributed by atoms with E-state index in [1.54, 1.807) is 12.1 Å². The Morgan fingerprint density at radius 2 is 0.870 bits per heavy atom. The zero-order chi connectivity index (χ0) is 34.5. The summed E-state index contributed by atoms with van der Waals surface area (Å²) in [6.07, 6.45) is 4.56. The van der Waals surface area contributed by atoms with Crippen molar-refractivity contribution in [3.63, 3.8) is 0 Å². The SMILES string of the molecule is CCC(C)c1ccc(C(=O)OC)cc1.CCC(C)c1cccc(O)c1.CCC(C)c1cccc(O)c1.CCC(C)c1ccccc1. The quantitative estimate of drug-likeness (QED) is 0.181. The van der Waals surface area contributed by atoms with Gasteiger partial charge in [0.15, 0.2) is 0 Å². The molecule has 0 spiro atoms. The van der Waals surface area contributed by atoms with E-state index in [-0.39, 0.29) is 5.97 Å². The number of carbonyl (C=O) groups excluding carboxylic acids is 1. The van der Waals surface area contributed by atoms with Crippen molar-refractivity contribution in [3.8, 4) is 11.5 Å². The first-order valence-electron chi connectivity index (χ1n) is 16.8. The Kier molecular flexibility index (Phi) is 19.5. The second-order valence-electron chi connectivity index (χ2n) is 12.0. The second kappa shape index (κ2) is 22.5. The van der Waals surface area contributed by atoms with Crippen LogP contribution in [0.25, 0.3) is 0 Å². The maximum Gasteiger partial charge on any atom is 0.337 e. The molecule has 0 saturated carbocycles. The van der Waals surface area contributed by atoms with Crippen LogP contribution in [0.2, 0.25) is 0 Å². The molecule has 4 heteroatoms. The molecule has 46 heavy (non-hydrogen) atoms. The first-order valence-corrected chi connectivity index (χ1v) is 16.8. The van der Waals surface area contributed by atoms with Crippen LogP contribution in [-0.4, -0.2) is 23.3 Å². The zero-order valence-electron chi connectivity index (χ0n) is 29.7. The molecule has 0 aliphatic carbocycles. The third-order valence-corrected chi connectivity index (χ3v) is 8.60. The van der Waals surface area contributed by atoms with Crippen LogP contribution < -0.4 is 0 Å². The van der Waals surface area contributed by atoms with Crippen LogP contribution >= 0.6 is 0 Å². The largest absolute Gasteiger partial charge is 0.508 e. The summed E-state index contributed by atoms with van der Waals surface area (Å²) >= 11 is 0. The predicted octanol–water partition coefficient (Wildman–Crippen LogP) is 12.0. The molecule has 4 rings (SSSR count). The van der Waals surface area contributed by atoms with E-state index in [0.717, 1.165) is 19.3 Å². The van der Waals surface area contributed by atoms with E-state index >= 15 is 0 Å². The van der Waals surface area contributed by atoms with E-state index in [1.165, 1.54) is 35.8 Å². The van der Waals surface area contributed by atoms with E-state index in [4.69, 9.17) is 10.2 Å². The van der Waals surface area contributed by atoms with Gasteiger partial charge < -0.3 is 14.9 Å². The van der Waals surface area contributed by atoms with Crippen LogP contribution in [0.4, 0.5) is 0 Å². The van der Waals surface area contributed by atoms with Crippen molar-refractivity contribution in [1.82, 2.24) is 0 Å². The minimum Gasteiger partial charge on any atom is -0.508 e. The third kappa shape index (κ3) is 14.8. The van der Waals surface area contributed by atoms with Crippen molar-refractivity contribution in [2.75, 3.05) is 7.11 Å². The van der Waals surface area contributed by atoms with Crippen LogP contribution in [0.1, 0.15) is 137 Å². The standard InChI is InChI=1S/C12H16O2.2C10H14O.C10H14/c1-4-9(2)10-5-7-11(8-6-10)12(13)14-3;2*1-3-8(2)9-5-4-6-10(11)7-9;1-3-9(2)10-7-5-4-6-8-10/h5-9H,4H2,1-3H3;2*4-8,11H,3H2,1-2H3;4-9H,3H2,1-2H3. The number of carbonyl (C=O) groups is 1. The van der Waals surface area contributed by atoms with Crippen molar-refractivity contribution in [3.05, 3.63) is 131 Å². The molecule has 0 aliphatic rings. The molecule has 4 unspecified atom stereocenters. The van der Waals surface area contributed by atoms with Gasteiger partial charge in [0.2, 0.25) is 0 Å². The lowest BCUT2D eigenvalue weighted by Gasteiger charge is -2.08. The van der Waals surface area contributed by atoms with Gasteiger partial charge in [-0.1, -0.05) is 122 Å². The van der Waals surface area contributed by atoms with E-state index in [1.807, 2.05) is 60.7 Å². The molecule has 0 radical (unpaired) electrons. The average molecular weight is 627 g/mol. The summed E-state index contributed by atoms with van der Waals surface area (Å²) in [5.74, 6) is 2.79. The number of methoxy groups -OCH3 is 1. The molecule has 2 N–H and O–H groups in total. The Labute approximate surface area is 279 Å². The highest BCUT2D eigenvalue weighted by Crippen LogP contribution is 2.23. The fourth-order valence-corrected chi connectivity index (χ4v) is 4.45. The van der Waals surface area contributed by atoms with Gasteiger partial charge in [-0.25, -0.2) is 4.79 Å². The fourth-order valence-electron chi connectivity index (χ4n) is 4.45. The summed E-state index contributed by atoms with van der Waals surface area (Å²) in [6, 6.07) is 33.2. The summed E-state index contributed by atoms with van der Waals surface area (Å²) < 4.78 is 4.62. The molecular formula is C42H58O4. The number of esters is 1. The number of hydrogen-bond donors (Lipinski definition) is 2. The zero-order valence-corrected chi connectivity index (χ0v) is 29.7. The van der Waals surface area contributed by atoms with Crippen LogP contribution in [0.5, 0.6) is 11.5 Å². The van der Waals surface area contributed by atoms with Crippen molar-refractivity contribution in [1.29, 1.82) is 0 Å². The Morgan fingerprint density at radius 3 is 1.22 bits per heavy atom. The highest BCUT2D eigenvalue weighted by Gasteiger charge is 2.07. The van der Waals surface area contributed by atoms with Crippen LogP contribution in [-0.2, 0) is 4.74 Å². The molecule has 4 aromatic rings. The van der Waals surface area contributed by atoms with Crippen LogP contribution in [0.15, 0.2) is 103 Å². The lowest BCUT2D eigenvalue weighted by Crippen LogP contribution is -2.01. The van der Waals surface area contributed by atoms with E-state index in [9.17, 15) is 4.79 Å². The van der Waals surface area contributed by atoms with Gasteiger partial charge in [0.25, 0.3) is 0 Å². The lowest BCUT2D eigenvalue weighted by molar-refractivity contribution is 0.0600. The van der Waals surface area contributed by atoms with Crippen molar-refractivity contribution in [2.24, 2.45) is 0 Å². The van der Waals surface area contributed by atoms with Crippen molar-refractivity contribution < 1.29 is 19.7 Å². The molecule has 0 aromatic heterocycles. The molecule has 0 fully saturated rings. The maximum atomic E-state index is 11.1. The number of phenolic OH excluding ortho intramolecular Hbond substituents is 2. The highest BCUT2D eigenvalue weighted by molar-refractivity contribution is 5.89. The Bertz CT molecular complexity index is 1310. The minimum absolute atomic E-state index is 0.277. The normalized spacial score (nSPS) is 12.7.